The first-order chi connectivity index (χ1) is 11.0. The normalized spacial score (nSPS) is 22.2. The lowest BCUT2D eigenvalue weighted by Gasteiger charge is -2.29. The minimum atomic E-state index is -5.56. The molecule has 0 spiro atoms. The van der Waals surface area contributed by atoms with Gasteiger partial charge in [-0.25, -0.2) is 0 Å². The van der Waals surface area contributed by atoms with Crippen molar-refractivity contribution in [3.8, 4) is 0 Å². The number of esters is 2. The molecule has 0 radical (unpaired) electrons. The predicted octanol–water partition coefficient (Wildman–Crippen LogP) is 2.16. The van der Waals surface area contributed by atoms with Gasteiger partial charge in [-0.1, -0.05) is 12.8 Å². The fraction of sp³-hybridized carbons (Fsp3) is 0.857. The minimum Gasteiger partial charge on any atom is -0.465 e. The van der Waals surface area contributed by atoms with Crippen LogP contribution in [-0.4, -0.2) is 42.9 Å². The number of rotatable bonds is 7. The van der Waals surface area contributed by atoms with Gasteiger partial charge in [-0.3, -0.25) is 14.1 Å². The van der Waals surface area contributed by atoms with Crippen LogP contribution in [0.1, 0.15) is 46.0 Å². The number of carbonyl (C=O) groups is 2. The largest absolute Gasteiger partial charge is 0.465 e. The molecule has 1 aliphatic carbocycles. The molecule has 2 unspecified atom stereocenters. The van der Waals surface area contributed by atoms with Crippen molar-refractivity contribution in [2.24, 2.45) is 11.8 Å². The Morgan fingerprint density at radius 1 is 1.17 bits per heavy atom. The van der Waals surface area contributed by atoms with Crippen LogP contribution in [0.5, 0.6) is 0 Å². The maximum Gasteiger partial charge on any atom is 0.373 e. The highest BCUT2D eigenvalue weighted by Gasteiger charge is 2.44. The summed E-state index contributed by atoms with van der Waals surface area (Å²) in [5.41, 5.74) is 0. The smallest absolute Gasteiger partial charge is 0.373 e. The highest BCUT2D eigenvalue weighted by Crippen LogP contribution is 2.33. The standard InChI is InChI=1S/C14H22F2O7S/c1-9(2)23-13(18)11-6-4-3-5-10(11)12(17)22-8-7-14(15,16)24(19,20)21/h9-11H,3-8H2,1-2H3,(H,19,20,21). The SMILES string of the molecule is CC(C)OC(=O)C1CCCCC1C(=O)OCCC(F)(F)S(=O)(=O)O. The summed E-state index contributed by atoms with van der Waals surface area (Å²) in [7, 11) is -5.56. The summed E-state index contributed by atoms with van der Waals surface area (Å²) in [4.78, 5) is 24.1. The molecule has 140 valence electrons. The van der Waals surface area contributed by atoms with Crippen molar-refractivity contribution in [3.63, 3.8) is 0 Å². The monoisotopic (exact) mass is 372 g/mol. The number of halogens is 2. The van der Waals surface area contributed by atoms with Crippen LogP contribution >= 0.6 is 0 Å². The molecule has 2 atom stereocenters. The molecule has 0 amide bonds. The first-order valence-corrected chi connectivity index (χ1v) is 9.11. The fourth-order valence-electron chi connectivity index (χ4n) is 2.52. The van der Waals surface area contributed by atoms with Gasteiger partial charge in [-0.05, 0) is 26.7 Å². The number of ether oxygens (including phenoxy) is 2. The average molecular weight is 372 g/mol. The fourth-order valence-corrected chi connectivity index (χ4v) is 2.86. The summed E-state index contributed by atoms with van der Waals surface area (Å²) in [5, 5.41) is -4.39. The third-order valence-electron chi connectivity index (χ3n) is 3.74. The molecule has 0 aliphatic heterocycles. The van der Waals surface area contributed by atoms with Gasteiger partial charge < -0.3 is 9.47 Å². The zero-order chi connectivity index (χ0) is 18.5. The molecular formula is C14H22F2O7S. The Bertz CT molecular complexity index is 559. The molecule has 1 saturated carbocycles. The summed E-state index contributed by atoms with van der Waals surface area (Å²) >= 11 is 0. The third-order valence-corrected chi connectivity index (χ3v) is 4.70. The summed E-state index contributed by atoms with van der Waals surface area (Å²) < 4.78 is 65.3. The Labute approximate surface area is 139 Å². The van der Waals surface area contributed by atoms with E-state index in [9.17, 15) is 26.8 Å². The number of hydrogen-bond donors (Lipinski definition) is 1. The van der Waals surface area contributed by atoms with Crippen molar-refractivity contribution in [2.75, 3.05) is 6.61 Å². The zero-order valence-corrected chi connectivity index (χ0v) is 14.4. The lowest BCUT2D eigenvalue weighted by Crippen LogP contribution is -2.36. The van der Waals surface area contributed by atoms with E-state index in [1.165, 1.54) is 0 Å². The molecular weight excluding hydrogens is 350 g/mol. The van der Waals surface area contributed by atoms with Gasteiger partial charge in [-0.15, -0.1) is 0 Å². The lowest BCUT2D eigenvalue weighted by atomic mass is 9.79. The second kappa shape index (κ2) is 8.19. The maximum atomic E-state index is 13.1. The Morgan fingerprint density at radius 2 is 1.67 bits per heavy atom. The second-order valence-electron chi connectivity index (χ2n) is 6.01. The molecule has 0 aromatic heterocycles. The molecule has 0 heterocycles. The maximum absolute atomic E-state index is 13.1. The molecule has 0 aromatic rings. The molecule has 0 bridgehead atoms. The van der Waals surface area contributed by atoms with Gasteiger partial charge in [0.1, 0.15) is 0 Å². The van der Waals surface area contributed by atoms with Crippen molar-refractivity contribution in [2.45, 2.75) is 57.3 Å². The molecule has 1 fully saturated rings. The Hall–Kier alpha value is -1.29. The van der Waals surface area contributed by atoms with E-state index < -0.39 is 52.2 Å². The molecule has 24 heavy (non-hydrogen) atoms. The molecule has 7 nitrogen and oxygen atoms in total. The highest BCUT2D eigenvalue weighted by molar-refractivity contribution is 7.86. The topological polar surface area (TPSA) is 107 Å². The van der Waals surface area contributed by atoms with E-state index in [0.29, 0.717) is 19.3 Å². The van der Waals surface area contributed by atoms with Crippen molar-refractivity contribution in [1.82, 2.24) is 0 Å². The lowest BCUT2D eigenvalue weighted by molar-refractivity contribution is -0.165. The van der Waals surface area contributed by atoms with Crippen molar-refractivity contribution in [1.29, 1.82) is 0 Å². The van der Waals surface area contributed by atoms with Gasteiger partial charge in [0.05, 0.1) is 31.0 Å². The number of carbonyl (C=O) groups excluding carboxylic acids is 2. The van der Waals surface area contributed by atoms with Crippen LogP contribution in [0, 0.1) is 11.8 Å². The van der Waals surface area contributed by atoms with E-state index in [0.717, 1.165) is 6.42 Å². The first-order valence-electron chi connectivity index (χ1n) is 7.67. The first kappa shape index (κ1) is 20.8. The predicted molar refractivity (Wildman–Crippen MR) is 78.7 cm³/mol. The molecule has 1 rings (SSSR count). The van der Waals surface area contributed by atoms with Gasteiger partial charge in [0, 0.05) is 0 Å². The minimum absolute atomic E-state index is 0.343. The van der Waals surface area contributed by atoms with E-state index >= 15 is 0 Å². The summed E-state index contributed by atoms with van der Waals surface area (Å²) in [6, 6.07) is 0. The molecule has 10 heteroatoms. The summed E-state index contributed by atoms with van der Waals surface area (Å²) in [5.74, 6) is -2.87. The molecule has 0 saturated heterocycles. The van der Waals surface area contributed by atoms with Crippen molar-refractivity contribution >= 4 is 22.1 Å². The second-order valence-corrected chi connectivity index (χ2v) is 7.56. The molecule has 0 aromatic carbocycles. The van der Waals surface area contributed by atoms with Crippen molar-refractivity contribution in [3.05, 3.63) is 0 Å². The number of alkyl halides is 2. The van der Waals surface area contributed by atoms with E-state index in [1.54, 1.807) is 13.8 Å². The quantitative estimate of drug-likeness (QED) is 0.539. The van der Waals surface area contributed by atoms with Crippen LogP contribution in [0.4, 0.5) is 8.78 Å². The average Bonchev–Trinajstić information content (AvgIpc) is 2.45. The van der Waals surface area contributed by atoms with Gasteiger partial charge in [-0.2, -0.15) is 17.2 Å². The van der Waals surface area contributed by atoms with Crippen LogP contribution in [-0.2, 0) is 29.2 Å². The third kappa shape index (κ3) is 5.66. The Balaban J connectivity index is 2.62. The molecule has 1 aliphatic rings. The van der Waals surface area contributed by atoms with Gasteiger partial charge in [0.2, 0.25) is 0 Å². The van der Waals surface area contributed by atoms with E-state index in [1.807, 2.05) is 0 Å². The molecule has 1 N–H and O–H groups in total. The van der Waals surface area contributed by atoms with Gasteiger partial charge >= 0.3 is 27.3 Å². The van der Waals surface area contributed by atoms with Crippen LogP contribution in [0.3, 0.4) is 0 Å². The van der Waals surface area contributed by atoms with Crippen molar-refractivity contribution < 1.29 is 40.8 Å². The van der Waals surface area contributed by atoms with Crippen LogP contribution in [0.15, 0.2) is 0 Å². The van der Waals surface area contributed by atoms with E-state index in [-0.39, 0.29) is 6.10 Å². The summed E-state index contributed by atoms with van der Waals surface area (Å²) in [6.07, 6.45) is 0.530. The van der Waals surface area contributed by atoms with E-state index in [4.69, 9.17) is 14.0 Å². The Kier molecular flexibility index (Phi) is 7.09. The highest BCUT2D eigenvalue weighted by atomic mass is 32.2. The number of hydrogen-bond acceptors (Lipinski definition) is 6. The van der Waals surface area contributed by atoms with E-state index in [2.05, 4.69) is 0 Å². The van der Waals surface area contributed by atoms with Crippen LogP contribution < -0.4 is 0 Å². The Morgan fingerprint density at radius 3 is 2.12 bits per heavy atom. The van der Waals surface area contributed by atoms with Gasteiger partial charge in [0.25, 0.3) is 0 Å². The zero-order valence-electron chi connectivity index (χ0n) is 13.5. The van der Waals surface area contributed by atoms with Crippen LogP contribution in [0.25, 0.3) is 0 Å². The van der Waals surface area contributed by atoms with Gasteiger partial charge in [0.15, 0.2) is 0 Å². The van der Waals surface area contributed by atoms with Crippen LogP contribution in [0.2, 0.25) is 0 Å². The summed E-state index contributed by atoms with van der Waals surface area (Å²) in [6.45, 7) is 2.46.